The number of nitrogens with one attached hydrogen (secondary N) is 2. The van der Waals surface area contributed by atoms with Crippen LogP contribution in [0.25, 0.3) is 0 Å². The Labute approximate surface area is 189 Å². The van der Waals surface area contributed by atoms with Crippen molar-refractivity contribution in [2.75, 3.05) is 17.9 Å². The van der Waals surface area contributed by atoms with Crippen molar-refractivity contribution < 1.29 is 17.9 Å². The molecule has 0 unspecified atom stereocenters. The first-order valence-electron chi connectivity index (χ1n) is 10.6. The molecule has 168 valence electrons. The molecule has 0 aliphatic carbocycles. The first-order valence-corrected chi connectivity index (χ1v) is 12.1. The molecule has 3 aromatic rings. The van der Waals surface area contributed by atoms with Gasteiger partial charge in [0, 0.05) is 12.1 Å². The molecule has 0 aliphatic heterocycles. The van der Waals surface area contributed by atoms with E-state index in [9.17, 15) is 13.2 Å². The highest BCUT2D eigenvalue weighted by molar-refractivity contribution is 7.92. The molecule has 0 aliphatic rings. The molecule has 0 saturated carbocycles. The molecule has 1 amide bonds. The number of hydrogen-bond donors (Lipinski definition) is 2. The van der Waals surface area contributed by atoms with Crippen LogP contribution in [0.3, 0.4) is 0 Å². The highest BCUT2D eigenvalue weighted by Gasteiger charge is 2.16. The number of carbonyl (C=O) groups excluding carboxylic acids is 1. The number of hydrogen-bond acceptors (Lipinski definition) is 4. The normalized spacial score (nSPS) is 11.1. The van der Waals surface area contributed by atoms with Crippen molar-refractivity contribution in [2.45, 2.75) is 31.6 Å². The van der Waals surface area contributed by atoms with Gasteiger partial charge in [0.1, 0.15) is 5.75 Å². The molecule has 0 bridgehead atoms. The summed E-state index contributed by atoms with van der Waals surface area (Å²) in [6.45, 7) is 4.85. The maximum atomic E-state index is 12.6. The predicted molar refractivity (Wildman–Crippen MR) is 127 cm³/mol. The van der Waals surface area contributed by atoms with Gasteiger partial charge >= 0.3 is 0 Å². The zero-order valence-corrected chi connectivity index (χ0v) is 19.1. The van der Waals surface area contributed by atoms with E-state index < -0.39 is 10.0 Å². The summed E-state index contributed by atoms with van der Waals surface area (Å²) in [6.07, 6.45) is 1.54. The van der Waals surface area contributed by atoms with Crippen LogP contribution in [-0.2, 0) is 16.4 Å². The lowest BCUT2D eigenvalue weighted by Crippen LogP contribution is -2.25. The smallest absolute Gasteiger partial charge is 0.261 e. The minimum atomic E-state index is -3.73. The minimum absolute atomic E-state index is 0.168. The van der Waals surface area contributed by atoms with Crippen LogP contribution in [-0.4, -0.2) is 27.5 Å². The predicted octanol–water partition coefficient (Wildman–Crippen LogP) is 4.56. The number of sulfonamides is 1. The Balaban J connectivity index is 1.61. The van der Waals surface area contributed by atoms with Crippen molar-refractivity contribution in [3.63, 3.8) is 0 Å². The van der Waals surface area contributed by atoms with Crippen LogP contribution in [0.4, 0.5) is 5.69 Å². The third-order valence-corrected chi connectivity index (χ3v) is 6.36. The molecule has 0 fully saturated rings. The molecule has 32 heavy (non-hydrogen) atoms. The summed E-state index contributed by atoms with van der Waals surface area (Å²) in [7, 11) is -3.73. The highest BCUT2D eigenvalue weighted by Crippen LogP contribution is 2.22. The molecule has 3 rings (SSSR count). The van der Waals surface area contributed by atoms with Crippen LogP contribution < -0.4 is 14.8 Å². The van der Waals surface area contributed by atoms with Crippen molar-refractivity contribution in [1.82, 2.24) is 5.32 Å². The summed E-state index contributed by atoms with van der Waals surface area (Å²) in [4.78, 5) is 12.8. The standard InChI is InChI=1S/C25H28N2O4S/c1-3-31-24-14-8-7-10-20(24)11-9-17-26-25(28)21-16-15-19(2)23(18-21)27-32(29,30)22-12-5-4-6-13-22/h4-8,10,12-16,18,27H,3,9,11,17H2,1-2H3,(H,26,28). The Hall–Kier alpha value is -3.32. The fraction of sp³-hybridized carbons (Fsp3) is 0.240. The Morgan fingerprint density at radius 2 is 1.69 bits per heavy atom. The molecule has 0 aromatic heterocycles. The molecular formula is C25H28N2O4S. The monoisotopic (exact) mass is 452 g/mol. The largest absolute Gasteiger partial charge is 0.494 e. The fourth-order valence-electron chi connectivity index (χ4n) is 3.27. The number of para-hydroxylation sites is 1. The molecule has 7 heteroatoms. The number of aryl methyl sites for hydroxylation is 2. The molecule has 0 heterocycles. The lowest BCUT2D eigenvalue weighted by atomic mass is 10.1. The van der Waals surface area contributed by atoms with Gasteiger partial charge in [-0.25, -0.2) is 8.42 Å². The zero-order valence-electron chi connectivity index (χ0n) is 18.3. The average molecular weight is 453 g/mol. The van der Waals surface area contributed by atoms with Gasteiger partial charge in [-0.1, -0.05) is 42.5 Å². The van der Waals surface area contributed by atoms with Crippen molar-refractivity contribution in [3.05, 3.63) is 89.5 Å². The van der Waals surface area contributed by atoms with Gasteiger partial charge in [-0.2, -0.15) is 0 Å². The lowest BCUT2D eigenvalue weighted by Gasteiger charge is -2.13. The van der Waals surface area contributed by atoms with E-state index in [1.54, 1.807) is 43.3 Å². The molecule has 2 N–H and O–H groups in total. The maximum Gasteiger partial charge on any atom is 0.261 e. The number of amides is 1. The van der Waals surface area contributed by atoms with E-state index in [4.69, 9.17) is 4.74 Å². The zero-order chi connectivity index (χ0) is 23.0. The summed E-state index contributed by atoms with van der Waals surface area (Å²) < 4.78 is 33.5. The topological polar surface area (TPSA) is 84.5 Å². The average Bonchev–Trinajstić information content (AvgIpc) is 2.79. The SMILES string of the molecule is CCOc1ccccc1CCCNC(=O)c1ccc(C)c(NS(=O)(=O)c2ccccc2)c1. The van der Waals surface area contributed by atoms with Crippen molar-refractivity contribution in [2.24, 2.45) is 0 Å². The van der Waals surface area contributed by atoms with Crippen LogP contribution in [0.2, 0.25) is 0 Å². The molecule has 0 atom stereocenters. The Kier molecular flexibility index (Phi) is 7.89. The second-order valence-corrected chi connectivity index (χ2v) is 9.03. The van der Waals surface area contributed by atoms with Crippen molar-refractivity contribution >= 4 is 21.6 Å². The van der Waals surface area contributed by atoms with E-state index in [0.29, 0.717) is 24.4 Å². The second-order valence-electron chi connectivity index (χ2n) is 7.35. The van der Waals surface area contributed by atoms with Gasteiger partial charge in [0.05, 0.1) is 17.2 Å². The van der Waals surface area contributed by atoms with E-state index in [2.05, 4.69) is 10.0 Å². The lowest BCUT2D eigenvalue weighted by molar-refractivity contribution is 0.0953. The fourth-order valence-corrected chi connectivity index (χ4v) is 4.41. The first kappa shape index (κ1) is 23.3. The molecular weight excluding hydrogens is 424 g/mol. The Morgan fingerprint density at radius 1 is 0.969 bits per heavy atom. The van der Waals surface area contributed by atoms with Gasteiger partial charge in [-0.3, -0.25) is 9.52 Å². The summed E-state index contributed by atoms with van der Waals surface area (Å²) in [5, 5.41) is 2.90. The van der Waals surface area contributed by atoms with Crippen LogP contribution in [0.15, 0.2) is 77.7 Å². The number of anilines is 1. The minimum Gasteiger partial charge on any atom is -0.494 e. The summed E-state index contributed by atoms with van der Waals surface area (Å²) in [6, 6.07) is 21.0. The van der Waals surface area contributed by atoms with Gasteiger partial charge in [-0.15, -0.1) is 0 Å². The van der Waals surface area contributed by atoms with Gasteiger partial charge < -0.3 is 10.1 Å². The quantitative estimate of drug-likeness (QED) is 0.442. The molecule has 0 spiro atoms. The van der Waals surface area contributed by atoms with E-state index in [1.165, 1.54) is 12.1 Å². The Bertz CT molecular complexity index is 1160. The third-order valence-electron chi connectivity index (χ3n) is 4.98. The molecule has 0 radical (unpaired) electrons. The van der Waals surface area contributed by atoms with Crippen LogP contribution >= 0.6 is 0 Å². The van der Waals surface area contributed by atoms with Crippen molar-refractivity contribution in [1.29, 1.82) is 0 Å². The van der Waals surface area contributed by atoms with Crippen LogP contribution in [0, 0.1) is 6.92 Å². The summed E-state index contributed by atoms with van der Waals surface area (Å²) >= 11 is 0. The highest BCUT2D eigenvalue weighted by atomic mass is 32.2. The summed E-state index contributed by atoms with van der Waals surface area (Å²) in [5.74, 6) is 0.624. The van der Waals surface area contributed by atoms with Crippen molar-refractivity contribution in [3.8, 4) is 5.75 Å². The number of rotatable bonds is 10. The van der Waals surface area contributed by atoms with Crippen LogP contribution in [0.5, 0.6) is 5.75 Å². The van der Waals surface area contributed by atoms with Gasteiger partial charge in [0.15, 0.2) is 0 Å². The number of ether oxygens (including phenoxy) is 1. The molecule has 6 nitrogen and oxygen atoms in total. The van der Waals surface area contributed by atoms with E-state index >= 15 is 0 Å². The summed E-state index contributed by atoms with van der Waals surface area (Å²) in [5.41, 5.74) is 2.62. The maximum absolute atomic E-state index is 12.6. The van der Waals surface area contributed by atoms with Gasteiger partial charge in [0.25, 0.3) is 15.9 Å². The number of benzene rings is 3. The molecule has 0 saturated heterocycles. The van der Waals surface area contributed by atoms with Gasteiger partial charge in [-0.05, 0) is 68.1 Å². The van der Waals surface area contributed by atoms with E-state index in [-0.39, 0.29) is 10.8 Å². The number of carbonyl (C=O) groups is 1. The molecule has 3 aromatic carbocycles. The van der Waals surface area contributed by atoms with Crippen LogP contribution in [0.1, 0.15) is 34.8 Å². The third kappa shape index (κ3) is 6.11. The van der Waals surface area contributed by atoms with E-state index in [0.717, 1.165) is 29.7 Å². The Morgan fingerprint density at radius 3 is 2.44 bits per heavy atom. The van der Waals surface area contributed by atoms with E-state index in [1.807, 2.05) is 31.2 Å². The van der Waals surface area contributed by atoms with Gasteiger partial charge in [0.2, 0.25) is 0 Å². The first-order chi connectivity index (χ1) is 15.4. The second kappa shape index (κ2) is 10.8.